The van der Waals surface area contributed by atoms with E-state index in [1.165, 1.54) is 36.0 Å². The predicted octanol–water partition coefficient (Wildman–Crippen LogP) is 5.51. The first-order valence-corrected chi connectivity index (χ1v) is 7.86. The summed E-state index contributed by atoms with van der Waals surface area (Å²) in [5.41, 5.74) is 5.55. The Balaban J connectivity index is 2.75. The van der Waals surface area contributed by atoms with Gasteiger partial charge in [-0.05, 0) is 56.6 Å². The Bertz CT molecular complexity index is 496. The summed E-state index contributed by atoms with van der Waals surface area (Å²) in [5, 5.41) is 8.91. The van der Waals surface area contributed by atoms with Crippen LogP contribution >= 0.6 is 0 Å². The maximum absolute atomic E-state index is 8.91. The zero-order valence-electron chi connectivity index (χ0n) is 14.2. The topological polar surface area (TPSA) is 20.2 Å². The molecule has 1 aliphatic carbocycles. The quantitative estimate of drug-likeness (QED) is 0.661. The molecule has 0 saturated heterocycles. The van der Waals surface area contributed by atoms with Crippen molar-refractivity contribution in [2.75, 3.05) is 6.61 Å². The molecule has 1 N–H and O–H groups in total. The summed E-state index contributed by atoms with van der Waals surface area (Å²) >= 11 is 0. The van der Waals surface area contributed by atoms with Crippen molar-refractivity contribution in [1.82, 2.24) is 0 Å². The molecule has 1 aliphatic rings. The molecular formula is C20H30O. The number of hydrogen-bond donors (Lipinski definition) is 1. The van der Waals surface area contributed by atoms with Gasteiger partial charge in [0.1, 0.15) is 0 Å². The van der Waals surface area contributed by atoms with Crippen molar-refractivity contribution >= 4 is 0 Å². The van der Waals surface area contributed by atoms with Crippen LogP contribution in [0.15, 0.2) is 58.7 Å². The van der Waals surface area contributed by atoms with E-state index in [-0.39, 0.29) is 6.61 Å². The molecule has 21 heavy (non-hydrogen) atoms. The second-order valence-electron chi connectivity index (χ2n) is 6.73. The fourth-order valence-corrected chi connectivity index (χ4v) is 2.76. The first kappa shape index (κ1) is 17.7. The minimum atomic E-state index is 0.120. The van der Waals surface area contributed by atoms with Crippen LogP contribution in [-0.4, -0.2) is 11.7 Å². The molecule has 0 atom stereocenters. The number of aliphatic hydroxyl groups excluding tert-OH is 1. The van der Waals surface area contributed by atoms with Gasteiger partial charge in [0, 0.05) is 0 Å². The average molecular weight is 286 g/mol. The van der Waals surface area contributed by atoms with Crippen LogP contribution in [0.5, 0.6) is 0 Å². The lowest BCUT2D eigenvalue weighted by atomic mass is 9.72. The zero-order valence-corrected chi connectivity index (χ0v) is 14.2. The van der Waals surface area contributed by atoms with Crippen molar-refractivity contribution in [2.45, 2.75) is 53.9 Å². The molecule has 1 nitrogen and oxygen atoms in total. The molecule has 0 heterocycles. The van der Waals surface area contributed by atoms with Crippen LogP contribution in [-0.2, 0) is 0 Å². The van der Waals surface area contributed by atoms with Crippen LogP contribution in [0.3, 0.4) is 0 Å². The van der Waals surface area contributed by atoms with Gasteiger partial charge in [-0.3, -0.25) is 0 Å². The molecule has 0 saturated carbocycles. The first-order valence-electron chi connectivity index (χ1n) is 7.86. The molecule has 1 rings (SSSR count). The van der Waals surface area contributed by atoms with Gasteiger partial charge in [0.2, 0.25) is 0 Å². The SMILES string of the molecule is CC1=C(/C=C/C(C)=C/C=C/C=C(\C)CO)C(C)(C)CCC1. The van der Waals surface area contributed by atoms with Gasteiger partial charge in [-0.2, -0.15) is 0 Å². The lowest BCUT2D eigenvalue weighted by molar-refractivity contribution is 0.331. The number of hydrogen-bond acceptors (Lipinski definition) is 1. The Morgan fingerprint density at radius 3 is 2.48 bits per heavy atom. The van der Waals surface area contributed by atoms with E-state index in [4.69, 9.17) is 5.11 Å². The minimum Gasteiger partial charge on any atom is -0.392 e. The van der Waals surface area contributed by atoms with Crippen molar-refractivity contribution in [3.8, 4) is 0 Å². The smallest absolute Gasteiger partial charge is 0.0642 e. The molecule has 0 aromatic rings. The standard InChI is InChI=1S/C20H30O/c1-16(9-6-7-10-17(2)15-21)12-13-19-18(3)11-8-14-20(19,4)5/h6-7,9-10,12-13,21H,8,11,14-15H2,1-5H3/b7-6+,13-12+,16-9+,17-10+. The van der Waals surface area contributed by atoms with Gasteiger partial charge in [-0.15, -0.1) is 0 Å². The van der Waals surface area contributed by atoms with Crippen LogP contribution in [0.25, 0.3) is 0 Å². The highest BCUT2D eigenvalue weighted by Gasteiger charge is 2.26. The van der Waals surface area contributed by atoms with Gasteiger partial charge in [-0.1, -0.05) is 61.4 Å². The van der Waals surface area contributed by atoms with Crippen LogP contribution < -0.4 is 0 Å². The van der Waals surface area contributed by atoms with E-state index in [0.29, 0.717) is 5.41 Å². The van der Waals surface area contributed by atoms with E-state index in [1.54, 1.807) is 0 Å². The van der Waals surface area contributed by atoms with Gasteiger partial charge >= 0.3 is 0 Å². The normalized spacial score (nSPS) is 20.9. The van der Waals surface area contributed by atoms with E-state index in [2.05, 4.69) is 45.9 Å². The molecule has 1 heteroatoms. The Morgan fingerprint density at radius 2 is 1.86 bits per heavy atom. The lowest BCUT2D eigenvalue weighted by Gasteiger charge is -2.32. The Labute approximate surface area is 130 Å². The summed E-state index contributed by atoms with van der Waals surface area (Å²) in [6, 6.07) is 0. The molecule has 0 spiro atoms. The predicted molar refractivity (Wildman–Crippen MR) is 93.2 cm³/mol. The van der Waals surface area contributed by atoms with E-state index in [0.717, 1.165) is 5.57 Å². The van der Waals surface area contributed by atoms with E-state index in [1.807, 2.05) is 25.2 Å². The van der Waals surface area contributed by atoms with Gasteiger partial charge in [0.05, 0.1) is 6.61 Å². The first-order chi connectivity index (χ1) is 9.86. The zero-order chi connectivity index (χ0) is 15.9. The molecule has 0 fully saturated rings. The van der Waals surface area contributed by atoms with Gasteiger partial charge < -0.3 is 5.11 Å². The summed E-state index contributed by atoms with van der Waals surface area (Å²) in [5.74, 6) is 0. The maximum Gasteiger partial charge on any atom is 0.0642 e. The van der Waals surface area contributed by atoms with Gasteiger partial charge in [0.15, 0.2) is 0 Å². The molecule has 0 aromatic carbocycles. The highest BCUT2D eigenvalue weighted by Crippen LogP contribution is 2.40. The van der Waals surface area contributed by atoms with Crippen LogP contribution in [0.2, 0.25) is 0 Å². The summed E-state index contributed by atoms with van der Waals surface area (Å²) in [4.78, 5) is 0. The number of rotatable bonds is 5. The summed E-state index contributed by atoms with van der Waals surface area (Å²) in [6.45, 7) is 11.1. The summed E-state index contributed by atoms with van der Waals surface area (Å²) < 4.78 is 0. The summed E-state index contributed by atoms with van der Waals surface area (Å²) in [6.07, 6.45) is 16.3. The number of aliphatic hydroxyl groups is 1. The molecule has 0 radical (unpaired) electrons. The van der Waals surface area contributed by atoms with E-state index in [9.17, 15) is 0 Å². The molecule has 0 amide bonds. The Kier molecular flexibility index (Phi) is 6.91. The molecule has 0 unspecified atom stereocenters. The third kappa shape index (κ3) is 5.89. The fourth-order valence-electron chi connectivity index (χ4n) is 2.76. The highest BCUT2D eigenvalue weighted by molar-refractivity contribution is 5.36. The van der Waals surface area contributed by atoms with Crippen molar-refractivity contribution in [3.05, 3.63) is 58.7 Å². The van der Waals surface area contributed by atoms with Crippen molar-refractivity contribution in [2.24, 2.45) is 5.41 Å². The van der Waals surface area contributed by atoms with E-state index < -0.39 is 0 Å². The van der Waals surface area contributed by atoms with Gasteiger partial charge in [0.25, 0.3) is 0 Å². The summed E-state index contributed by atoms with van der Waals surface area (Å²) in [7, 11) is 0. The molecule has 0 bridgehead atoms. The largest absolute Gasteiger partial charge is 0.392 e. The number of allylic oxidation sites excluding steroid dienone is 9. The van der Waals surface area contributed by atoms with Crippen LogP contribution in [0.4, 0.5) is 0 Å². The highest BCUT2D eigenvalue weighted by atomic mass is 16.3. The molecule has 0 aliphatic heterocycles. The van der Waals surface area contributed by atoms with Crippen molar-refractivity contribution < 1.29 is 5.11 Å². The Morgan fingerprint density at radius 1 is 1.19 bits per heavy atom. The molecular weight excluding hydrogens is 256 g/mol. The second kappa shape index (κ2) is 8.19. The molecule has 0 aromatic heterocycles. The molecule has 116 valence electrons. The van der Waals surface area contributed by atoms with Gasteiger partial charge in [-0.25, -0.2) is 0 Å². The average Bonchev–Trinajstić information content (AvgIpc) is 2.42. The lowest BCUT2D eigenvalue weighted by Crippen LogP contribution is -2.19. The Hall–Kier alpha value is -1.34. The van der Waals surface area contributed by atoms with Crippen LogP contribution in [0, 0.1) is 5.41 Å². The van der Waals surface area contributed by atoms with Crippen LogP contribution in [0.1, 0.15) is 53.9 Å². The minimum absolute atomic E-state index is 0.120. The third-order valence-corrected chi connectivity index (χ3v) is 4.16. The van der Waals surface area contributed by atoms with E-state index >= 15 is 0 Å². The van der Waals surface area contributed by atoms with Crippen molar-refractivity contribution in [1.29, 1.82) is 0 Å². The monoisotopic (exact) mass is 286 g/mol. The van der Waals surface area contributed by atoms with Crippen molar-refractivity contribution in [3.63, 3.8) is 0 Å². The fraction of sp³-hybridized carbons (Fsp3) is 0.500. The second-order valence-corrected chi connectivity index (χ2v) is 6.73. The maximum atomic E-state index is 8.91. The third-order valence-electron chi connectivity index (χ3n) is 4.16.